The molecule has 1 nitrogen and oxygen atoms in total. The molecule has 0 unspecified atom stereocenters. The average molecular weight is 363 g/mol. The van der Waals surface area contributed by atoms with Gasteiger partial charge in [0.15, 0.2) is 0 Å². The van der Waals surface area contributed by atoms with Gasteiger partial charge in [-0.15, -0.1) is 0 Å². The maximum Gasteiger partial charge on any atom is 1.00 e. The number of hydrogen-bond donors (Lipinski definition) is 0. The molecule has 3 rings (SSSR count). The number of piperidine rings is 1. The van der Waals surface area contributed by atoms with Gasteiger partial charge in [-0.05, 0) is 37.6 Å². The van der Waals surface area contributed by atoms with Crippen molar-refractivity contribution in [3.05, 3.63) is 47.5 Å². The Bertz CT molecular complexity index is 601. The Hall–Kier alpha value is 0.0600. The predicted octanol–water partition coefficient (Wildman–Crippen LogP) is 1.17. The SMILES string of the molecule is C/C=C/[C@]12CN(CCC[S-])C[C@@]1(c1ccc(C(F)(F)F)cc1)C2.[Na+]. The molecule has 0 amide bonds. The van der Waals surface area contributed by atoms with Crippen LogP contribution in [0.1, 0.15) is 30.9 Å². The molecule has 1 saturated heterocycles. The largest absolute Gasteiger partial charge is 1.00 e. The van der Waals surface area contributed by atoms with Crippen molar-refractivity contribution in [2.75, 3.05) is 25.4 Å². The molecule has 126 valence electrons. The van der Waals surface area contributed by atoms with E-state index in [0.29, 0.717) is 0 Å². The van der Waals surface area contributed by atoms with Crippen LogP contribution in [0, 0.1) is 5.41 Å². The zero-order valence-electron chi connectivity index (χ0n) is 14.2. The van der Waals surface area contributed by atoms with Crippen LogP contribution >= 0.6 is 0 Å². The standard InChI is InChI=1S/C18H22F3NS.Na/c1-2-8-16-11-17(16,13-22(12-16)9-3-10-23)14-4-6-15(7-5-14)18(19,20)21;/h2,4-8,23H,3,9-13H2,1H3;/q;+1/p-1/b8-2+;/t16-,17+;/m0./s1. The second-order valence-corrected chi connectivity index (χ2v) is 7.17. The fourth-order valence-electron chi connectivity index (χ4n) is 4.25. The first kappa shape index (κ1) is 20.4. The second kappa shape index (κ2) is 7.36. The van der Waals surface area contributed by atoms with Crippen molar-refractivity contribution in [3.63, 3.8) is 0 Å². The molecule has 1 aliphatic heterocycles. The van der Waals surface area contributed by atoms with Gasteiger partial charge in [0.05, 0.1) is 5.56 Å². The number of nitrogens with zero attached hydrogens (tertiary/aromatic N) is 1. The van der Waals surface area contributed by atoms with E-state index in [-0.39, 0.29) is 40.4 Å². The third kappa shape index (κ3) is 3.48. The minimum Gasteiger partial charge on any atom is -0.793 e. The van der Waals surface area contributed by atoms with E-state index in [1.807, 2.05) is 6.92 Å². The summed E-state index contributed by atoms with van der Waals surface area (Å²) >= 11 is 5.03. The summed E-state index contributed by atoms with van der Waals surface area (Å²) in [6.07, 6.45) is 2.07. The monoisotopic (exact) mass is 363 g/mol. The molecule has 2 atom stereocenters. The van der Waals surface area contributed by atoms with Crippen LogP contribution in [-0.2, 0) is 24.2 Å². The molecular weight excluding hydrogens is 342 g/mol. The number of alkyl halides is 3. The van der Waals surface area contributed by atoms with Crippen molar-refractivity contribution in [3.8, 4) is 0 Å². The van der Waals surface area contributed by atoms with Crippen LogP contribution in [0.2, 0.25) is 0 Å². The Morgan fingerprint density at radius 1 is 1.21 bits per heavy atom. The van der Waals surface area contributed by atoms with Crippen LogP contribution in [0.15, 0.2) is 36.4 Å². The van der Waals surface area contributed by atoms with Crippen LogP contribution in [0.25, 0.3) is 0 Å². The maximum absolute atomic E-state index is 12.8. The minimum atomic E-state index is -4.27. The summed E-state index contributed by atoms with van der Waals surface area (Å²) in [5.41, 5.74) is 0.522. The van der Waals surface area contributed by atoms with Gasteiger partial charge in [0, 0.05) is 23.9 Å². The molecule has 1 aromatic rings. The summed E-state index contributed by atoms with van der Waals surface area (Å²) < 4.78 is 38.3. The molecule has 2 aliphatic rings. The fraction of sp³-hybridized carbons (Fsp3) is 0.556. The van der Waals surface area contributed by atoms with Crippen LogP contribution < -0.4 is 29.6 Å². The van der Waals surface area contributed by atoms with Crippen LogP contribution in [0.3, 0.4) is 0 Å². The second-order valence-electron chi connectivity index (χ2n) is 6.76. The summed E-state index contributed by atoms with van der Waals surface area (Å²) in [5, 5.41) is 0. The summed E-state index contributed by atoms with van der Waals surface area (Å²) in [6, 6.07) is 5.78. The van der Waals surface area contributed by atoms with Crippen molar-refractivity contribution >= 4 is 12.6 Å². The van der Waals surface area contributed by atoms with E-state index in [0.717, 1.165) is 43.8 Å². The molecule has 0 radical (unpaired) electrons. The number of halogens is 3. The first-order valence-electron chi connectivity index (χ1n) is 7.99. The predicted molar refractivity (Wildman–Crippen MR) is 88.3 cm³/mol. The minimum absolute atomic E-state index is 0. The van der Waals surface area contributed by atoms with Gasteiger partial charge in [0.25, 0.3) is 0 Å². The molecule has 24 heavy (non-hydrogen) atoms. The molecule has 0 N–H and O–H groups in total. The van der Waals surface area contributed by atoms with Crippen molar-refractivity contribution in [1.29, 1.82) is 0 Å². The van der Waals surface area contributed by atoms with Gasteiger partial charge >= 0.3 is 35.7 Å². The Morgan fingerprint density at radius 2 is 1.88 bits per heavy atom. The number of benzene rings is 1. The van der Waals surface area contributed by atoms with E-state index in [9.17, 15) is 13.2 Å². The van der Waals surface area contributed by atoms with Gasteiger partial charge in [-0.1, -0.05) is 30.7 Å². The summed E-state index contributed by atoms with van der Waals surface area (Å²) in [7, 11) is 0. The fourth-order valence-corrected chi connectivity index (χ4v) is 4.38. The normalized spacial score (nSPS) is 29.5. The van der Waals surface area contributed by atoms with Crippen molar-refractivity contribution in [2.24, 2.45) is 5.41 Å². The van der Waals surface area contributed by atoms with E-state index in [4.69, 9.17) is 12.6 Å². The van der Waals surface area contributed by atoms with Gasteiger partial charge in [-0.3, -0.25) is 0 Å². The molecule has 0 bridgehead atoms. The first-order chi connectivity index (χ1) is 10.9. The summed E-state index contributed by atoms with van der Waals surface area (Å²) in [4.78, 5) is 2.41. The van der Waals surface area contributed by atoms with E-state index >= 15 is 0 Å². The maximum atomic E-state index is 12.8. The number of likely N-dealkylation sites (tertiary alicyclic amines) is 1. The number of allylic oxidation sites excluding steroid dienone is 1. The van der Waals surface area contributed by atoms with Gasteiger partial charge in [-0.2, -0.15) is 18.9 Å². The van der Waals surface area contributed by atoms with Gasteiger partial charge in [0.1, 0.15) is 0 Å². The van der Waals surface area contributed by atoms with E-state index in [1.165, 1.54) is 12.1 Å². The molecule has 6 heteroatoms. The molecule has 0 aromatic heterocycles. The van der Waals surface area contributed by atoms with E-state index < -0.39 is 11.7 Å². The zero-order chi connectivity index (χ0) is 16.7. The molecule has 1 aliphatic carbocycles. The smallest absolute Gasteiger partial charge is 0.793 e. The van der Waals surface area contributed by atoms with Crippen molar-refractivity contribution in [2.45, 2.75) is 31.4 Å². The Labute approximate surface area is 169 Å². The third-order valence-corrected chi connectivity index (χ3v) is 5.60. The first-order valence-corrected chi connectivity index (χ1v) is 8.57. The molecule has 1 heterocycles. The Kier molecular flexibility index (Phi) is 6.24. The van der Waals surface area contributed by atoms with Crippen LogP contribution in [-0.4, -0.2) is 30.3 Å². The van der Waals surface area contributed by atoms with Crippen LogP contribution in [0.5, 0.6) is 0 Å². The Morgan fingerprint density at radius 3 is 2.42 bits per heavy atom. The number of rotatable bonds is 5. The van der Waals surface area contributed by atoms with Gasteiger partial charge in [0.2, 0.25) is 0 Å². The molecule has 1 saturated carbocycles. The third-order valence-electron chi connectivity index (χ3n) is 5.31. The molecule has 0 spiro atoms. The van der Waals surface area contributed by atoms with E-state index in [2.05, 4.69) is 17.1 Å². The quantitative estimate of drug-likeness (QED) is 0.439. The van der Waals surface area contributed by atoms with Crippen LogP contribution in [0.4, 0.5) is 13.2 Å². The molecular formula is C18H21F3NNaS. The summed E-state index contributed by atoms with van der Waals surface area (Å²) in [6.45, 7) is 4.88. The molecule has 2 fully saturated rings. The van der Waals surface area contributed by atoms with Gasteiger partial charge in [-0.25, -0.2) is 0 Å². The number of fused-ring (bicyclic) bond motifs is 1. The average Bonchev–Trinajstić information content (AvgIpc) is 3.01. The van der Waals surface area contributed by atoms with E-state index in [1.54, 1.807) is 12.1 Å². The number of hydrogen-bond acceptors (Lipinski definition) is 2. The van der Waals surface area contributed by atoms with Crippen molar-refractivity contribution < 1.29 is 42.7 Å². The Balaban J connectivity index is 0.00000208. The zero-order valence-corrected chi connectivity index (χ0v) is 17.0. The topological polar surface area (TPSA) is 3.24 Å². The molecule has 1 aromatic carbocycles. The van der Waals surface area contributed by atoms with Crippen molar-refractivity contribution in [1.82, 2.24) is 4.90 Å². The summed E-state index contributed by atoms with van der Waals surface area (Å²) in [5.74, 6) is 0.750. The van der Waals surface area contributed by atoms with Gasteiger partial charge < -0.3 is 17.5 Å².